The van der Waals surface area contributed by atoms with E-state index in [9.17, 15) is 0 Å². The molecular formula is C11H7BrO2. The number of rotatable bonds is 0. The molecule has 0 aliphatic carbocycles. The van der Waals surface area contributed by atoms with Crippen LogP contribution in [0.3, 0.4) is 0 Å². The first-order chi connectivity index (χ1) is 6.86. The first-order valence-electron chi connectivity index (χ1n) is 4.33. The highest BCUT2D eigenvalue weighted by Gasteiger charge is 2.14. The second kappa shape index (κ2) is 2.89. The highest BCUT2D eigenvalue weighted by atomic mass is 79.9. The Balaban J connectivity index is 2.51. The second-order valence-electron chi connectivity index (χ2n) is 3.13. The number of halogens is 1. The van der Waals surface area contributed by atoms with Crippen LogP contribution in [0.15, 0.2) is 34.8 Å². The molecule has 0 N–H and O–H groups in total. The van der Waals surface area contributed by atoms with Gasteiger partial charge in [0.15, 0.2) is 0 Å². The first kappa shape index (κ1) is 8.12. The van der Waals surface area contributed by atoms with E-state index in [2.05, 4.69) is 15.9 Å². The topological polar surface area (TPSA) is 18.5 Å². The van der Waals surface area contributed by atoms with Gasteiger partial charge < -0.3 is 9.47 Å². The van der Waals surface area contributed by atoms with Crippen LogP contribution in [0.2, 0.25) is 0 Å². The molecular weight excluding hydrogens is 244 g/mol. The number of benzene rings is 2. The lowest BCUT2D eigenvalue weighted by molar-refractivity contribution is 0.112. The zero-order valence-electron chi connectivity index (χ0n) is 7.29. The van der Waals surface area contributed by atoms with Gasteiger partial charge in [0.1, 0.15) is 11.5 Å². The summed E-state index contributed by atoms with van der Waals surface area (Å²) in [7, 11) is 0. The van der Waals surface area contributed by atoms with Crippen LogP contribution >= 0.6 is 15.9 Å². The van der Waals surface area contributed by atoms with Crippen molar-refractivity contribution in [1.82, 2.24) is 0 Å². The quantitative estimate of drug-likeness (QED) is 0.714. The Morgan fingerprint density at radius 1 is 1.00 bits per heavy atom. The van der Waals surface area contributed by atoms with Crippen molar-refractivity contribution in [3.63, 3.8) is 0 Å². The van der Waals surface area contributed by atoms with E-state index in [1.165, 1.54) is 0 Å². The molecule has 1 heterocycles. The molecule has 2 nitrogen and oxygen atoms in total. The van der Waals surface area contributed by atoms with E-state index >= 15 is 0 Å². The van der Waals surface area contributed by atoms with E-state index in [-0.39, 0.29) is 0 Å². The van der Waals surface area contributed by atoms with E-state index in [4.69, 9.17) is 9.47 Å². The standard InChI is InChI=1S/C11H7BrO2/c12-8-4-5-10-11-7(8)2-1-3-9(11)13-6-14-10/h1-5H,6H2. The van der Waals surface area contributed by atoms with Crippen molar-refractivity contribution in [2.45, 2.75) is 0 Å². The molecule has 14 heavy (non-hydrogen) atoms. The Hall–Kier alpha value is -1.22. The van der Waals surface area contributed by atoms with Crippen molar-refractivity contribution in [3.05, 3.63) is 34.8 Å². The molecule has 3 rings (SSSR count). The Morgan fingerprint density at radius 2 is 1.79 bits per heavy atom. The van der Waals surface area contributed by atoms with Crippen LogP contribution in [0.5, 0.6) is 11.5 Å². The van der Waals surface area contributed by atoms with Gasteiger partial charge in [0.2, 0.25) is 6.79 Å². The van der Waals surface area contributed by atoms with Gasteiger partial charge in [-0.2, -0.15) is 0 Å². The van der Waals surface area contributed by atoms with Crippen LogP contribution in [0.4, 0.5) is 0 Å². The van der Waals surface area contributed by atoms with Crippen LogP contribution in [0.25, 0.3) is 10.8 Å². The predicted molar refractivity (Wildman–Crippen MR) is 57.8 cm³/mol. The summed E-state index contributed by atoms with van der Waals surface area (Å²) in [5.74, 6) is 1.79. The molecule has 0 fully saturated rings. The van der Waals surface area contributed by atoms with Crippen molar-refractivity contribution < 1.29 is 9.47 Å². The monoisotopic (exact) mass is 250 g/mol. The zero-order chi connectivity index (χ0) is 9.54. The second-order valence-corrected chi connectivity index (χ2v) is 3.99. The van der Waals surface area contributed by atoms with E-state index in [0.29, 0.717) is 6.79 Å². The minimum atomic E-state index is 0.299. The molecule has 0 saturated carbocycles. The smallest absolute Gasteiger partial charge is 0.230 e. The minimum Gasteiger partial charge on any atom is -0.457 e. The minimum absolute atomic E-state index is 0.299. The maximum atomic E-state index is 5.41. The molecule has 1 aliphatic rings. The van der Waals surface area contributed by atoms with Crippen LogP contribution < -0.4 is 9.47 Å². The van der Waals surface area contributed by atoms with Crippen molar-refractivity contribution in [3.8, 4) is 11.5 Å². The third kappa shape index (κ3) is 1.02. The maximum Gasteiger partial charge on any atom is 0.230 e. The molecule has 0 unspecified atom stereocenters. The van der Waals surface area contributed by atoms with Gasteiger partial charge in [-0.3, -0.25) is 0 Å². The normalized spacial score (nSPS) is 13.5. The van der Waals surface area contributed by atoms with Crippen molar-refractivity contribution in [1.29, 1.82) is 0 Å². The van der Waals surface area contributed by atoms with Gasteiger partial charge >= 0.3 is 0 Å². The molecule has 2 aromatic carbocycles. The molecule has 0 radical (unpaired) electrons. The van der Waals surface area contributed by atoms with Gasteiger partial charge in [0.05, 0.1) is 5.39 Å². The molecule has 0 aromatic heterocycles. The zero-order valence-corrected chi connectivity index (χ0v) is 8.87. The van der Waals surface area contributed by atoms with Crippen LogP contribution in [-0.2, 0) is 0 Å². The Bertz CT molecular complexity index is 498. The summed E-state index contributed by atoms with van der Waals surface area (Å²) in [4.78, 5) is 0. The largest absolute Gasteiger partial charge is 0.457 e. The number of hydrogen-bond donors (Lipinski definition) is 0. The fourth-order valence-corrected chi connectivity index (χ4v) is 2.17. The predicted octanol–water partition coefficient (Wildman–Crippen LogP) is 3.33. The molecule has 2 aromatic rings. The Labute approximate surface area is 89.6 Å². The Morgan fingerprint density at radius 3 is 2.64 bits per heavy atom. The summed E-state index contributed by atoms with van der Waals surface area (Å²) in [6.07, 6.45) is 0. The van der Waals surface area contributed by atoms with E-state index < -0.39 is 0 Å². The summed E-state index contributed by atoms with van der Waals surface area (Å²) in [5.41, 5.74) is 0. The van der Waals surface area contributed by atoms with E-state index in [1.807, 2.05) is 30.3 Å². The van der Waals surface area contributed by atoms with Crippen molar-refractivity contribution in [2.24, 2.45) is 0 Å². The van der Waals surface area contributed by atoms with Crippen LogP contribution in [0, 0.1) is 0 Å². The molecule has 70 valence electrons. The lowest BCUT2D eigenvalue weighted by atomic mass is 10.1. The summed E-state index contributed by atoms with van der Waals surface area (Å²) in [5, 5.41) is 2.17. The molecule has 0 saturated heterocycles. The molecule has 0 amide bonds. The van der Waals surface area contributed by atoms with Crippen molar-refractivity contribution in [2.75, 3.05) is 6.79 Å². The summed E-state index contributed by atoms with van der Waals surface area (Å²) in [6.45, 7) is 0.299. The van der Waals surface area contributed by atoms with Gasteiger partial charge in [-0.25, -0.2) is 0 Å². The van der Waals surface area contributed by atoms with Gasteiger partial charge in [0, 0.05) is 9.86 Å². The highest BCUT2D eigenvalue weighted by molar-refractivity contribution is 9.10. The Kier molecular flexibility index (Phi) is 1.67. The van der Waals surface area contributed by atoms with Crippen molar-refractivity contribution >= 4 is 26.7 Å². The van der Waals surface area contributed by atoms with E-state index in [0.717, 1.165) is 26.7 Å². The SMILES string of the molecule is Brc1ccc2c3c(cccc13)OCO2. The lowest BCUT2D eigenvalue weighted by Crippen LogP contribution is -2.10. The average molecular weight is 251 g/mol. The van der Waals surface area contributed by atoms with Crippen LogP contribution in [-0.4, -0.2) is 6.79 Å². The first-order valence-corrected chi connectivity index (χ1v) is 5.12. The fraction of sp³-hybridized carbons (Fsp3) is 0.0909. The highest BCUT2D eigenvalue weighted by Crippen LogP contribution is 2.39. The van der Waals surface area contributed by atoms with Gasteiger partial charge in [0.25, 0.3) is 0 Å². The summed E-state index contributed by atoms with van der Waals surface area (Å²) in [6, 6.07) is 9.94. The lowest BCUT2D eigenvalue weighted by Gasteiger charge is -2.19. The summed E-state index contributed by atoms with van der Waals surface area (Å²) >= 11 is 3.51. The molecule has 0 bridgehead atoms. The summed E-state index contributed by atoms with van der Waals surface area (Å²) < 4.78 is 11.9. The van der Waals surface area contributed by atoms with Crippen LogP contribution in [0.1, 0.15) is 0 Å². The molecule has 0 spiro atoms. The van der Waals surface area contributed by atoms with Gasteiger partial charge in [-0.1, -0.05) is 28.1 Å². The maximum absolute atomic E-state index is 5.41. The fourth-order valence-electron chi connectivity index (χ4n) is 1.70. The number of hydrogen-bond acceptors (Lipinski definition) is 2. The number of ether oxygens (including phenoxy) is 2. The van der Waals surface area contributed by atoms with Gasteiger partial charge in [-0.05, 0) is 18.2 Å². The molecule has 3 heteroatoms. The van der Waals surface area contributed by atoms with Gasteiger partial charge in [-0.15, -0.1) is 0 Å². The average Bonchev–Trinajstić information content (AvgIpc) is 2.24. The third-order valence-corrected chi connectivity index (χ3v) is 3.03. The third-order valence-electron chi connectivity index (χ3n) is 2.34. The van der Waals surface area contributed by atoms with E-state index in [1.54, 1.807) is 0 Å². The molecule has 0 atom stereocenters. The molecule has 1 aliphatic heterocycles.